The molecule has 3 rings (SSSR count). The minimum atomic E-state index is 0.0487. The Morgan fingerprint density at radius 1 is 1.36 bits per heavy atom. The number of hydrogen-bond acceptors (Lipinski definition) is 4. The zero-order valence-corrected chi connectivity index (χ0v) is 12.8. The van der Waals surface area contributed by atoms with Crippen molar-refractivity contribution in [3.8, 4) is 0 Å². The zero-order chi connectivity index (χ0) is 15.2. The fourth-order valence-electron chi connectivity index (χ4n) is 2.92. The highest BCUT2D eigenvalue weighted by molar-refractivity contribution is 5.90. The van der Waals surface area contributed by atoms with E-state index in [2.05, 4.69) is 27.4 Å². The first-order valence-electron chi connectivity index (χ1n) is 8.02. The lowest BCUT2D eigenvalue weighted by molar-refractivity contribution is -0.116. The Bertz CT molecular complexity index is 538. The third kappa shape index (κ3) is 4.39. The predicted molar refractivity (Wildman–Crippen MR) is 85.4 cm³/mol. The van der Waals surface area contributed by atoms with Gasteiger partial charge in [-0.1, -0.05) is 18.2 Å². The number of anilines is 1. The van der Waals surface area contributed by atoms with E-state index in [4.69, 9.17) is 4.74 Å². The summed E-state index contributed by atoms with van der Waals surface area (Å²) in [6.07, 6.45) is 7.01. The van der Waals surface area contributed by atoms with Gasteiger partial charge in [0.15, 0.2) is 0 Å². The quantitative estimate of drug-likeness (QED) is 0.847. The Kier molecular flexibility index (Phi) is 5.19. The van der Waals surface area contributed by atoms with Crippen LogP contribution in [0.25, 0.3) is 0 Å². The normalized spacial score (nSPS) is 21.9. The van der Waals surface area contributed by atoms with E-state index in [0.29, 0.717) is 18.2 Å². The number of allylic oxidation sites excluding steroid dienone is 2. The molecule has 1 aromatic rings. The van der Waals surface area contributed by atoms with Gasteiger partial charge < -0.3 is 10.1 Å². The van der Waals surface area contributed by atoms with E-state index >= 15 is 0 Å². The maximum Gasteiger partial charge on any atom is 0.226 e. The monoisotopic (exact) mass is 301 g/mol. The highest BCUT2D eigenvalue weighted by Crippen LogP contribution is 2.20. The van der Waals surface area contributed by atoms with Gasteiger partial charge in [-0.2, -0.15) is 0 Å². The molecule has 1 amide bonds. The molecule has 1 fully saturated rings. The van der Waals surface area contributed by atoms with Crippen LogP contribution in [-0.2, 0) is 16.1 Å². The van der Waals surface area contributed by atoms with Crippen LogP contribution in [0.3, 0.4) is 0 Å². The molecular weight excluding hydrogens is 278 g/mol. The Morgan fingerprint density at radius 3 is 3.00 bits per heavy atom. The number of ether oxygens (including phenoxy) is 1. The van der Waals surface area contributed by atoms with E-state index in [1.807, 2.05) is 18.2 Å². The summed E-state index contributed by atoms with van der Waals surface area (Å²) in [5.41, 5.74) is 0.987. The molecule has 2 aliphatic rings. The highest BCUT2D eigenvalue weighted by Gasteiger charge is 2.15. The largest absolute Gasteiger partial charge is 0.379 e. The van der Waals surface area contributed by atoms with Gasteiger partial charge in [0.25, 0.3) is 0 Å². The molecule has 1 N–H and O–H groups in total. The number of morpholine rings is 1. The van der Waals surface area contributed by atoms with Gasteiger partial charge in [0, 0.05) is 26.1 Å². The summed E-state index contributed by atoms with van der Waals surface area (Å²) in [5.74, 6) is 1.09. The van der Waals surface area contributed by atoms with Crippen molar-refractivity contribution < 1.29 is 9.53 Å². The van der Waals surface area contributed by atoms with Crippen LogP contribution < -0.4 is 5.32 Å². The average molecular weight is 301 g/mol. The number of aromatic nitrogens is 1. The second kappa shape index (κ2) is 7.51. The minimum Gasteiger partial charge on any atom is -0.379 e. The van der Waals surface area contributed by atoms with Crippen molar-refractivity contribution >= 4 is 11.7 Å². The molecule has 1 atom stereocenters. The molecule has 0 radical (unpaired) electrons. The second-order valence-electron chi connectivity index (χ2n) is 5.92. The Morgan fingerprint density at radius 2 is 2.23 bits per heavy atom. The van der Waals surface area contributed by atoms with Crippen molar-refractivity contribution in [2.24, 2.45) is 5.92 Å². The van der Waals surface area contributed by atoms with Crippen LogP contribution in [0, 0.1) is 5.92 Å². The third-order valence-electron chi connectivity index (χ3n) is 4.12. The lowest BCUT2D eigenvalue weighted by Crippen LogP contribution is -2.35. The lowest BCUT2D eigenvalue weighted by Gasteiger charge is -2.26. The second-order valence-corrected chi connectivity index (χ2v) is 5.92. The van der Waals surface area contributed by atoms with Crippen LogP contribution >= 0.6 is 0 Å². The summed E-state index contributed by atoms with van der Waals surface area (Å²) in [5, 5.41) is 2.92. The highest BCUT2D eigenvalue weighted by atomic mass is 16.5. The molecule has 0 saturated carbocycles. The van der Waals surface area contributed by atoms with Crippen molar-refractivity contribution in [2.75, 3.05) is 31.6 Å². The molecule has 0 aromatic carbocycles. The van der Waals surface area contributed by atoms with Gasteiger partial charge in [0.05, 0.1) is 18.9 Å². The standard InChI is InChI=1S/C17H23N3O2/c21-17(12-14-4-1-2-5-14)19-16-7-3-6-15(18-16)13-20-8-10-22-11-9-20/h1,3-4,6-7,14H,2,5,8-13H2,(H,18,19,21)/t14-/m0/s1. The van der Waals surface area contributed by atoms with Gasteiger partial charge >= 0.3 is 0 Å². The first kappa shape index (κ1) is 15.2. The Labute approximate surface area is 131 Å². The van der Waals surface area contributed by atoms with Gasteiger partial charge in [-0.3, -0.25) is 9.69 Å². The van der Waals surface area contributed by atoms with Crippen LogP contribution in [-0.4, -0.2) is 42.1 Å². The summed E-state index contributed by atoms with van der Waals surface area (Å²) >= 11 is 0. The molecule has 0 spiro atoms. The van der Waals surface area contributed by atoms with Gasteiger partial charge in [0.1, 0.15) is 5.82 Å². The summed E-state index contributed by atoms with van der Waals surface area (Å²) in [7, 11) is 0. The van der Waals surface area contributed by atoms with Gasteiger partial charge in [0.2, 0.25) is 5.91 Å². The number of nitrogens with zero attached hydrogens (tertiary/aromatic N) is 2. The number of pyridine rings is 1. The van der Waals surface area contributed by atoms with Gasteiger partial charge in [-0.15, -0.1) is 0 Å². The predicted octanol–water partition coefficient (Wildman–Crippen LogP) is 2.21. The van der Waals surface area contributed by atoms with Gasteiger partial charge in [-0.25, -0.2) is 4.98 Å². The van der Waals surface area contributed by atoms with E-state index in [9.17, 15) is 4.79 Å². The molecule has 1 aliphatic heterocycles. The van der Waals surface area contributed by atoms with Crippen LogP contribution in [0.4, 0.5) is 5.82 Å². The van der Waals surface area contributed by atoms with Crippen molar-refractivity contribution in [3.05, 3.63) is 36.0 Å². The van der Waals surface area contributed by atoms with Crippen LogP contribution in [0.15, 0.2) is 30.4 Å². The lowest BCUT2D eigenvalue weighted by atomic mass is 10.1. The third-order valence-corrected chi connectivity index (χ3v) is 4.12. The van der Waals surface area contributed by atoms with E-state index < -0.39 is 0 Å². The molecular formula is C17H23N3O2. The Balaban J connectivity index is 1.53. The first-order chi connectivity index (χ1) is 10.8. The van der Waals surface area contributed by atoms with Crippen LogP contribution in [0.5, 0.6) is 0 Å². The maximum absolute atomic E-state index is 12.1. The van der Waals surface area contributed by atoms with Crippen LogP contribution in [0.2, 0.25) is 0 Å². The maximum atomic E-state index is 12.1. The number of hydrogen-bond donors (Lipinski definition) is 1. The van der Waals surface area contributed by atoms with Crippen molar-refractivity contribution in [1.29, 1.82) is 0 Å². The molecule has 5 nitrogen and oxygen atoms in total. The van der Waals surface area contributed by atoms with E-state index in [1.165, 1.54) is 0 Å². The Hall–Kier alpha value is -1.72. The summed E-state index contributed by atoms with van der Waals surface area (Å²) in [4.78, 5) is 18.9. The number of carbonyl (C=O) groups is 1. The average Bonchev–Trinajstić information content (AvgIpc) is 3.01. The van der Waals surface area contributed by atoms with E-state index in [-0.39, 0.29) is 5.91 Å². The fourth-order valence-corrected chi connectivity index (χ4v) is 2.92. The fraction of sp³-hybridized carbons (Fsp3) is 0.529. The molecule has 1 aliphatic carbocycles. The summed E-state index contributed by atoms with van der Waals surface area (Å²) < 4.78 is 5.35. The molecule has 0 bridgehead atoms. The van der Waals surface area contributed by atoms with E-state index in [1.54, 1.807) is 0 Å². The van der Waals surface area contributed by atoms with Crippen molar-refractivity contribution in [3.63, 3.8) is 0 Å². The zero-order valence-electron chi connectivity index (χ0n) is 12.8. The number of nitrogens with one attached hydrogen (secondary N) is 1. The molecule has 1 saturated heterocycles. The van der Waals surface area contributed by atoms with Crippen molar-refractivity contribution in [2.45, 2.75) is 25.8 Å². The number of rotatable bonds is 5. The minimum absolute atomic E-state index is 0.0487. The molecule has 118 valence electrons. The molecule has 22 heavy (non-hydrogen) atoms. The first-order valence-corrected chi connectivity index (χ1v) is 8.02. The number of amides is 1. The molecule has 5 heteroatoms. The van der Waals surface area contributed by atoms with Gasteiger partial charge in [-0.05, 0) is 30.9 Å². The van der Waals surface area contributed by atoms with Crippen molar-refractivity contribution in [1.82, 2.24) is 9.88 Å². The van der Waals surface area contributed by atoms with E-state index in [0.717, 1.165) is 51.4 Å². The summed E-state index contributed by atoms with van der Waals surface area (Å²) in [6.45, 7) is 4.24. The topological polar surface area (TPSA) is 54.5 Å². The smallest absolute Gasteiger partial charge is 0.226 e. The SMILES string of the molecule is O=C(C[C@H]1C=CCC1)Nc1cccc(CN2CCOCC2)n1. The molecule has 0 unspecified atom stereocenters. The van der Waals surface area contributed by atoms with Crippen LogP contribution in [0.1, 0.15) is 25.0 Å². The summed E-state index contributed by atoms with van der Waals surface area (Å²) in [6, 6.07) is 5.81. The molecule has 1 aromatic heterocycles. The number of carbonyl (C=O) groups excluding carboxylic acids is 1. The molecule has 2 heterocycles.